The molecular formula is C55H33AlN8. The zero-order chi connectivity index (χ0) is 43.0. The minimum absolute atomic E-state index is 0.488. The number of fused-ring (bicyclic) bond motifs is 3. The smallest absolute Gasteiger partial charge is 0.179 e. The lowest BCUT2D eigenvalue weighted by atomic mass is 9.96. The van der Waals surface area contributed by atoms with Gasteiger partial charge in [-0.25, -0.2) is 29.9 Å². The maximum Gasteiger partial charge on any atom is 0.179 e. The van der Waals surface area contributed by atoms with Crippen molar-refractivity contribution >= 4 is 42.5 Å². The van der Waals surface area contributed by atoms with Crippen LogP contribution in [-0.2, 0) is 0 Å². The van der Waals surface area contributed by atoms with Crippen molar-refractivity contribution in [3.63, 3.8) is 0 Å². The van der Waals surface area contributed by atoms with E-state index in [-0.39, 0.29) is 0 Å². The fourth-order valence-corrected chi connectivity index (χ4v) is 8.52. The minimum Gasteiger partial charge on any atom is -0.311 e. The predicted molar refractivity (Wildman–Crippen MR) is 256 cm³/mol. The van der Waals surface area contributed by atoms with Crippen molar-refractivity contribution < 1.29 is 0 Å². The first kappa shape index (κ1) is 38.5. The average Bonchev–Trinajstić information content (AvgIpc) is 3.69. The van der Waals surface area contributed by atoms with Crippen LogP contribution in [0, 0.1) is 11.3 Å². The molecule has 9 heteroatoms. The standard InChI is InChI=1S/C55H33N8.Al/c56-35-43-32-41(54-59-50(36-16-6-1-7-17-36)57-51(60-54)37-18-8-2-9-19-37)26-29-45(43)40-27-30-48-46(33-40)47-34-42(28-31-49(47)63(48)44-24-14-5-15-25-44)55-61-52(38-20-10-3-11-21-38)58-53(62-55)39-22-12-4-13-23-39;/h1-24,26-34H;. The minimum atomic E-state index is 0.488. The molecule has 0 amide bonds. The van der Waals surface area contributed by atoms with Crippen LogP contribution in [0.3, 0.4) is 0 Å². The number of benzene rings is 8. The fraction of sp³-hybridized carbons (Fsp3) is 0. The quantitative estimate of drug-likeness (QED) is 0.140. The largest absolute Gasteiger partial charge is 0.311 e. The molecule has 64 heavy (non-hydrogen) atoms. The Kier molecular flexibility index (Phi) is 9.91. The van der Waals surface area contributed by atoms with Gasteiger partial charge in [0, 0.05) is 49.8 Å². The number of rotatable bonds is 8. The van der Waals surface area contributed by atoms with Gasteiger partial charge in [0.15, 0.2) is 51.2 Å². The van der Waals surface area contributed by atoms with Gasteiger partial charge in [-0.1, -0.05) is 158 Å². The van der Waals surface area contributed by atoms with Crippen molar-refractivity contribution in [2.75, 3.05) is 0 Å². The van der Waals surface area contributed by atoms with E-state index in [1.807, 2.05) is 146 Å². The summed E-state index contributed by atoms with van der Waals surface area (Å²) in [6.45, 7) is 0. The lowest BCUT2D eigenvalue weighted by Crippen LogP contribution is -2.11. The molecule has 0 fully saturated rings. The summed E-state index contributed by atoms with van der Waals surface area (Å²) in [4.78, 5) is 29.7. The molecule has 0 bridgehead atoms. The van der Waals surface area contributed by atoms with E-state index in [0.29, 0.717) is 40.5 Å². The number of hydrogen-bond donors (Lipinski definition) is 0. The molecule has 0 aliphatic carbocycles. The van der Waals surface area contributed by atoms with Gasteiger partial charge in [0.05, 0.1) is 22.7 Å². The van der Waals surface area contributed by atoms with Crippen LogP contribution in [0.25, 0.3) is 107 Å². The fourth-order valence-electron chi connectivity index (χ4n) is 8.18. The van der Waals surface area contributed by atoms with E-state index in [0.717, 1.165) is 76.4 Å². The van der Waals surface area contributed by atoms with Crippen LogP contribution < -0.4 is 4.43 Å². The third-order valence-corrected chi connectivity index (χ3v) is 11.8. The maximum absolute atomic E-state index is 10.7. The molecule has 0 saturated carbocycles. The highest BCUT2D eigenvalue weighted by Crippen LogP contribution is 2.38. The van der Waals surface area contributed by atoms with Gasteiger partial charge in [-0.3, -0.25) is 0 Å². The highest BCUT2D eigenvalue weighted by Gasteiger charge is 2.20. The number of nitrogens with zero attached hydrogens (tertiary/aromatic N) is 8. The van der Waals surface area contributed by atoms with E-state index in [4.69, 9.17) is 29.9 Å². The van der Waals surface area contributed by atoms with Crippen molar-refractivity contribution in [1.29, 1.82) is 5.26 Å². The summed E-state index contributed by atoms with van der Waals surface area (Å²) in [5.41, 5.74) is 10.5. The summed E-state index contributed by atoms with van der Waals surface area (Å²) in [5, 5.41) is 12.8. The molecule has 0 N–H and O–H groups in total. The molecular weight excluding hydrogens is 800 g/mol. The summed E-state index contributed by atoms with van der Waals surface area (Å²) in [6, 6.07) is 69.2. The summed E-state index contributed by atoms with van der Waals surface area (Å²) in [5.74, 6) is 3.38. The molecule has 3 heterocycles. The monoisotopic (exact) mass is 832 g/mol. The molecule has 0 saturated heterocycles. The maximum atomic E-state index is 10.7. The van der Waals surface area contributed by atoms with Gasteiger partial charge in [-0.05, 0) is 53.6 Å². The first-order chi connectivity index (χ1) is 31.6. The SMILES string of the molecule is N#Cc1cc(-c2nc(-c3ccccc3)nc(-c3ccccc3)n2)ccc1-c1ccc2c(c1)c1cc(-c3nc(-c4ccccc4)nc(-c4ccccc4)n3)ccc1n2-c1cccc[c]1[Al]. The van der Waals surface area contributed by atoms with Gasteiger partial charge in [0.25, 0.3) is 0 Å². The van der Waals surface area contributed by atoms with Crippen LogP contribution in [0.5, 0.6) is 0 Å². The predicted octanol–water partition coefficient (Wildman–Crippen LogP) is 11.5. The second-order valence-corrected chi connectivity index (χ2v) is 15.9. The number of para-hydroxylation sites is 1. The van der Waals surface area contributed by atoms with Crippen LogP contribution in [-0.4, -0.2) is 50.8 Å². The van der Waals surface area contributed by atoms with E-state index in [1.165, 1.54) is 0 Å². The lowest BCUT2D eigenvalue weighted by Gasteiger charge is -2.13. The van der Waals surface area contributed by atoms with E-state index >= 15 is 0 Å². The van der Waals surface area contributed by atoms with Crippen LogP contribution in [0.4, 0.5) is 0 Å². The van der Waals surface area contributed by atoms with Crippen molar-refractivity contribution in [1.82, 2.24) is 34.5 Å². The van der Waals surface area contributed by atoms with Gasteiger partial charge in [0.1, 0.15) is 0 Å². The molecule has 8 aromatic carbocycles. The Hall–Kier alpha value is -8.40. The highest BCUT2D eigenvalue weighted by atomic mass is 27.0. The number of nitriles is 1. The van der Waals surface area contributed by atoms with E-state index < -0.39 is 0 Å². The van der Waals surface area contributed by atoms with Crippen LogP contribution in [0.15, 0.2) is 200 Å². The summed E-state index contributed by atoms with van der Waals surface area (Å²) >= 11 is 2.89. The van der Waals surface area contributed by atoms with Gasteiger partial charge in [0.2, 0.25) is 0 Å². The van der Waals surface area contributed by atoms with Gasteiger partial charge < -0.3 is 4.57 Å². The Bertz CT molecular complexity index is 3450. The molecule has 0 atom stereocenters. The normalized spacial score (nSPS) is 11.2. The molecule has 11 rings (SSSR count). The van der Waals surface area contributed by atoms with E-state index in [9.17, 15) is 5.26 Å². The Morgan fingerprint density at radius 2 is 0.719 bits per heavy atom. The van der Waals surface area contributed by atoms with Crippen molar-refractivity contribution in [2.24, 2.45) is 0 Å². The van der Waals surface area contributed by atoms with Crippen molar-refractivity contribution in [2.45, 2.75) is 0 Å². The molecule has 3 aromatic heterocycles. The Balaban J connectivity index is 1.07. The summed E-state index contributed by atoms with van der Waals surface area (Å²) in [6.07, 6.45) is 0. The number of aromatic nitrogens is 7. The first-order valence-corrected chi connectivity index (χ1v) is 21.4. The molecule has 296 valence electrons. The third-order valence-electron chi connectivity index (χ3n) is 11.3. The van der Waals surface area contributed by atoms with Crippen LogP contribution in [0.2, 0.25) is 0 Å². The topological polar surface area (TPSA) is 106 Å². The molecule has 11 aromatic rings. The lowest BCUT2D eigenvalue weighted by molar-refractivity contribution is 1.07. The third kappa shape index (κ3) is 7.19. The summed E-state index contributed by atoms with van der Waals surface area (Å²) < 4.78 is 3.36. The Morgan fingerprint density at radius 1 is 0.359 bits per heavy atom. The molecule has 8 nitrogen and oxygen atoms in total. The highest BCUT2D eigenvalue weighted by molar-refractivity contribution is 6.35. The van der Waals surface area contributed by atoms with Gasteiger partial charge in [-0.2, -0.15) is 5.26 Å². The van der Waals surface area contributed by atoms with E-state index in [1.54, 1.807) is 0 Å². The summed E-state index contributed by atoms with van der Waals surface area (Å²) in [7, 11) is 0. The Labute approximate surface area is 377 Å². The van der Waals surface area contributed by atoms with E-state index in [2.05, 4.69) is 81.5 Å². The zero-order valence-electron chi connectivity index (χ0n) is 34.2. The molecule has 0 aliphatic heterocycles. The van der Waals surface area contributed by atoms with Gasteiger partial charge in [-0.15, -0.1) is 4.43 Å². The second-order valence-electron chi connectivity index (χ2n) is 15.3. The van der Waals surface area contributed by atoms with Gasteiger partial charge >= 0.3 is 0 Å². The molecule has 0 unspecified atom stereocenters. The molecule has 0 spiro atoms. The Morgan fingerprint density at radius 3 is 1.16 bits per heavy atom. The molecule has 2 radical (unpaired) electrons. The molecule has 0 aliphatic rings. The van der Waals surface area contributed by atoms with Crippen molar-refractivity contribution in [3.05, 3.63) is 206 Å². The second kappa shape index (κ2) is 16.5. The van der Waals surface area contributed by atoms with Crippen LogP contribution in [0.1, 0.15) is 5.56 Å². The van der Waals surface area contributed by atoms with Crippen molar-refractivity contribution in [3.8, 4) is 91.2 Å². The number of hydrogen-bond acceptors (Lipinski definition) is 7. The zero-order valence-corrected chi connectivity index (χ0v) is 35.4. The van der Waals surface area contributed by atoms with Crippen LogP contribution >= 0.6 is 0 Å². The first-order valence-electron chi connectivity index (χ1n) is 20.8. The average molecular weight is 833 g/mol.